The van der Waals surface area contributed by atoms with Gasteiger partial charge in [-0.05, 0) is 6.07 Å². The molecule has 3 heterocycles. The van der Waals surface area contributed by atoms with E-state index in [4.69, 9.17) is 11.6 Å². The number of carbonyl (C=O) groups is 1. The first-order chi connectivity index (χ1) is 11.4. The highest BCUT2D eigenvalue weighted by Gasteiger charge is 2.32. The summed E-state index contributed by atoms with van der Waals surface area (Å²) in [5.74, 6) is -0.451. The molecular weight excluding hydrogens is 349 g/mol. The standard InChI is InChI=1S/C13H8ClF3N6O/c14-8-3-7(13(15,16)17)6-23-10(21-22-11(8)23)5-20-12(24)9-4-18-1-2-19-9/h1-4,6H,5H2,(H,20,24). The smallest absolute Gasteiger partial charge is 0.343 e. The molecule has 1 amide bonds. The van der Waals surface area contributed by atoms with Gasteiger partial charge in [-0.2, -0.15) is 13.2 Å². The highest BCUT2D eigenvalue weighted by Crippen LogP contribution is 2.32. The normalized spacial score (nSPS) is 11.7. The Hall–Kier alpha value is -2.75. The SMILES string of the molecule is O=C(NCc1nnc2c(Cl)cc(C(F)(F)F)cn12)c1cnccn1. The number of amides is 1. The van der Waals surface area contributed by atoms with Gasteiger partial charge in [-0.3, -0.25) is 14.2 Å². The Kier molecular flexibility index (Phi) is 4.06. The quantitative estimate of drug-likeness (QED) is 0.777. The topological polar surface area (TPSA) is 85.1 Å². The van der Waals surface area contributed by atoms with Crippen LogP contribution in [0, 0.1) is 0 Å². The van der Waals surface area contributed by atoms with E-state index < -0.39 is 17.6 Å². The van der Waals surface area contributed by atoms with Gasteiger partial charge in [0.1, 0.15) is 5.69 Å². The summed E-state index contributed by atoms with van der Waals surface area (Å²) in [5, 5.41) is 9.77. The van der Waals surface area contributed by atoms with Gasteiger partial charge in [0.15, 0.2) is 11.5 Å². The van der Waals surface area contributed by atoms with E-state index in [1.54, 1.807) is 0 Å². The number of nitrogens with zero attached hydrogens (tertiary/aromatic N) is 5. The first kappa shape index (κ1) is 16.1. The summed E-state index contributed by atoms with van der Waals surface area (Å²) < 4.78 is 39.7. The average molecular weight is 357 g/mol. The molecule has 7 nitrogen and oxygen atoms in total. The minimum Gasteiger partial charge on any atom is -0.343 e. The van der Waals surface area contributed by atoms with Gasteiger partial charge in [0.2, 0.25) is 0 Å². The lowest BCUT2D eigenvalue weighted by Crippen LogP contribution is -2.25. The summed E-state index contributed by atoms with van der Waals surface area (Å²) in [6.07, 6.45) is 0.267. The summed E-state index contributed by atoms with van der Waals surface area (Å²) in [7, 11) is 0. The van der Waals surface area contributed by atoms with Gasteiger partial charge in [0.25, 0.3) is 5.91 Å². The highest BCUT2D eigenvalue weighted by atomic mass is 35.5. The van der Waals surface area contributed by atoms with Gasteiger partial charge in [0.05, 0.1) is 23.3 Å². The first-order valence-corrected chi connectivity index (χ1v) is 6.88. The summed E-state index contributed by atoms with van der Waals surface area (Å²) in [6.45, 7) is -0.159. The number of pyridine rings is 1. The molecule has 0 aliphatic rings. The van der Waals surface area contributed by atoms with Crippen LogP contribution in [0.5, 0.6) is 0 Å². The van der Waals surface area contributed by atoms with Crippen molar-refractivity contribution < 1.29 is 18.0 Å². The molecule has 0 saturated heterocycles. The molecule has 0 bridgehead atoms. The molecule has 24 heavy (non-hydrogen) atoms. The summed E-state index contributed by atoms with van der Waals surface area (Å²) in [6, 6.07) is 0.771. The van der Waals surface area contributed by atoms with Crippen LogP contribution in [-0.2, 0) is 12.7 Å². The molecule has 0 aliphatic heterocycles. The number of fused-ring (bicyclic) bond motifs is 1. The minimum absolute atomic E-state index is 0.0634. The molecule has 11 heteroatoms. The van der Waals surface area contributed by atoms with Crippen LogP contribution in [0.3, 0.4) is 0 Å². The number of carbonyl (C=O) groups excluding carboxylic acids is 1. The zero-order valence-corrected chi connectivity index (χ0v) is 12.5. The van der Waals surface area contributed by atoms with Gasteiger partial charge in [0, 0.05) is 18.6 Å². The van der Waals surface area contributed by atoms with Crippen LogP contribution in [-0.4, -0.2) is 30.5 Å². The molecule has 3 aromatic heterocycles. The number of halogens is 4. The Morgan fingerprint density at radius 3 is 2.75 bits per heavy atom. The monoisotopic (exact) mass is 356 g/mol. The van der Waals surface area contributed by atoms with E-state index in [-0.39, 0.29) is 28.7 Å². The van der Waals surface area contributed by atoms with E-state index in [9.17, 15) is 18.0 Å². The minimum atomic E-state index is -4.57. The molecule has 0 spiro atoms. The third-order valence-electron chi connectivity index (χ3n) is 3.06. The van der Waals surface area contributed by atoms with Crippen molar-refractivity contribution in [2.75, 3.05) is 0 Å². The zero-order chi connectivity index (χ0) is 17.3. The maximum atomic E-state index is 12.9. The summed E-state index contributed by atoms with van der Waals surface area (Å²) >= 11 is 5.81. The van der Waals surface area contributed by atoms with E-state index in [0.29, 0.717) is 0 Å². The van der Waals surface area contributed by atoms with Gasteiger partial charge >= 0.3 is 6.18 Å². The van der Waals surface area contributed by atoms with E-state index in [1.807, 2.05) is 0 Å². The van der Waals surface area contributed by atoms with Gasteiger partial charge in [-0.25, -0.2) is 4.98 Å². The Bertz CT molecular complexity index is 896. The van der Waals surface area contributed by atoms with Crippen LogP contribution in [0.25, 0.3) is 5.65 Å². The van der Waals surface area contributed by atoms with Crippen LogP contribution >= 0.6 is 11.6 Å². The number of nitrogens with one attached hydrogen (secondary N) is 1. The van der Waals surface area contributed by atoms with Crippen molar-refractivity contribution in [1.29, 1.82) is 0 Å². The van der Waals surface area contributed by atoms with Crippen molar-refractivity contribution >= 4 is 23.2 Å². The van der Waals surface area contributed by atoms with E-state index in [2.05, 4.69) is 25.5 Å². The van der Waals surface area contributed by atoms with Crippen molar-refractivity contribution in [2.24, 2.45) is 0 Å². The van der Waals surface area contributed by atoms with Crippen LogP contribution in [0.15, 0.2) is 30.9 Å². The third kappa shape index (κ3) is 3.13. The molecule has 0 aromatic carbocycles. The van der Waals surface area contributed by atoms with Crippen LogP contribution in [0.4, 0.5) is 13.2 Å². The molecule has 0 aliphatic carbocycles. The lowest BCUT2D eigenvalue weighted by molar-refractivity contribution is -0.137. The molecule has 1 N–H and O–H groups in total. The molecule has 3 aromatic rings. The van der Waals surface area contributed by atoms with Crippen LogP contribution in [0.1, 0.15) is 21.9 Å². The largest absolute Gasteiger partial charge is 0.417 e. The predicted molar refractivity (Wildman–Crippen MR) is 76.2 cm³/mol. The van der Waals surface area contributed by atoms with Crippen molar-refractivity contribution in [3.05, 3.63) is 53.0 Å². The Labute approximate surface area is 137 Å². The van der Waals surface area contributed by atoms with Gasteiger partial charge in [-0.15, -0.1) is 10.2 Å². The van der Waals surface area contributed by atoms with Gasteiger partial charge in [-0.1, -0.05) is 11.6 Å². The Morgan fingerprint density at radius 2 is 2.08 bits per heavy atom. The number of rotatable bonds is 3. The average Bonchev–Trinajstić information content (AvgIpc) is 2.96. The molecule has 124 valence electrons. The maximum Gasteiger partial charge on any atom is 0.417 e. The zero-order valence-electron chi connectivity index (χ0n) is 11.8. The number of aromatic nitrogens is 5. The maximum absolute atomic E-state index is 12.9. The summed E-state index contributed by atoms with van der Waals surface area (Å²) in [4.78, 5) is 19.5. The Morgan fingerprint density at radius 1 is 1.29 bits per heavy atom. The van der Waals surface area contributed by atoms with E-state index in [1.165, 1.54) is 18.6 Å². The van der Waals surface area contributed by atoms with E-state index in [0.717, 1.165) is 16.7 Å². The fourth-order valence-corrected chi connectivity index (χ4v) is 2.19. The van der Waals surface area contributed by atoms with Crippen molar-refractivity contribution in [3.63, 3.8) is 0 Å². The van der Waals surface area contributed by atoms with Crippen molar-refractivity contribution in [2.45, 2.75) is 12.7 Å². The number of hydrogen-bond acceptors (Lipinski definition) is 5. The van der Waals surface area contributed by atoms with Crippen molar-refractivity contribution in [1.82, 2.24) is 29.9 Å². The Balaban J connectivity index is 1.87. The summed E-state index contributed by atoms with van der Waals surface area (Å²) in [5.41, 5.74) is -0.810. The lowest BCUT2D eigenvalue weighted by atomic mass is 10.2. The second-order valence-corrected chi connectivity index (χ2v) is 5.06. The fraction of sp³-hybridized carbons (Fsp3) is 0.154. The lowest BCUT2D eigenvalue weighted by Gasteiger charge is -2.09. The van der Waals surface area contributed by atoms with E-state index >= 15 is 0 Å². The third-order valence-corrected chi connectivity index (χ3v) is 3.34. The van der Waals surface area contributed by atoms with Crippen LogP contribution in [0.2, 0.25) is 5.02 Å². The molecule has 0 fully saturated rings. The van der Waals surface area contributed by atoms with Crippen LogP contribution < -0.4 is 5.32 Å². The number of alkyl halides is 3. The molecular formula is C13H8ClF3N6O. The molecule has 0 saturated carbocycles. The fourth-order valence-electron chi connectivity index (χ4n) is 1.94. The molecule has 0 atom stereocenters. The predicted octanol–water partition coefficient (Wildman–Crippen LogP) is 2.12. The molecule has 0 unspecified atom stereocenters. The highest BCUT2D eigenvalue weighted by molar-refractivity contribution is 6.33. The van der Waals surface area contributed by atoms with Crippen molar-refractivity contribution in [3.8, 4) is 0 Å². The first-order valence-electron chi connectivity index (χ1n) is 6.51. The second-order valence-electron chi connectivity index (χ2n) is 4.66. The van der Waals surface area contributed by atoms with Gasteiger partial charge < -0.3 is 5.32 Å². The molecule has 0 radical (unpaired) electrons. The number of hydrogen-bond donors (Lipinski definition) is 1. The second kappa shape index (κ2) is 6.04. The molecule has 3 rings (SSSR count).